The minimum absolute atomic E-state index is 0.0679. The number of ether oxygens (including phenoxy) is 2. The Morgan fingerprint density at radius 2 is 2.03 bits per heavy atom. The van der Waals surface area contributed by atoms with E-state index in [0.717, 1.165) is 35.9 Å². The third-order valence-electron chi connectivity index (χ3n) is 6.72. The second kappa shape index (κ2) is 11.6. The van der Waals surface area contributed by atoms with Gasteiger partial charge in [-0.1, -0.05) is 12.1 Å². The molecule has 1 aliphatic rings. The predicted octanol–water partition coefficient (Wildman–Crippen LogP) is 2.01. The molecule has 1 fully saturated rings. The zero-order valence-electron chi connectivity index (χ0n) is 21.8. The molecular weight excluding hydrogens is 533 g/mol. The number of aryl methyl sites for hydroxylation is 1. The summed E-state index contributed by atoms with van der Waals surface area (Å²) >= 11 is 0. The Balaban J connectivity index is 1.48. The van der Waals surface area contributed by atoms with E-state index < -0.39 is 38.2 Å². The van der Waals surface area contributed by atoms with Crippen molar-refractivity contribution in [1.82, 2.24) is 25.0 Å². The van der Waals surface area contributed by atoms with E-state index in [0.29, 0.717) is 30.2 Å². The lowest BCUT2D eigenvalue weighted by Crippen LogP contribution is -2.51. The maximum Gasteiger partial charge on any atom is 0.264 e. The Labute approximate surface area is 224 Å². The lowest BCUT2D eigenvalue weighted by atomic mass is 10.0. The van der Waals surface area contributed by atoms with E-state index >= 15 is 4.39 Å². The summed E-state index contributed by atoms with van der Waals surface area (Å²) in [6.07, 6.45) is 4.72. The lowest BCUT2D eigenvalue weighted by molar-refractivity contribution is -0.201. The van der Waals surface area contributed by atoms with Crippen LogP contribution < -0.4 is 15.8 Å². The van der Waals surface area contributed by atoms with Crippen LogP contribution in [0.4, 0.5) is 4.39 Å². The number of carbonyl (C=O) groups excluding carboxylic acids is 1. The molecule has 0 spiro atoms. The highest BCUT2D eigenvalue weighted by molar-refractivity contribution is 7.92. The molecule has 1 aliphatic heterocycles. The number of rotatable bonds is 10. The van der Waals surface area contributed by atoms with Gasteiger partial charge in [-0.05, 0) is 43.9 Å². The molecule has 2 atom stereocenters. The van der Waals surface area contributed by atoms with Crippen molar-refractivity contribution in [3.05, 3.63) is 58.9 Å². The van der Waals surface area contributed by atoms with E-state index in [2.05, 4.69) is 15.7 Å². The summed E-state index contributed by atoms with van der Waals surface area (Å²) in [4.78, 5) is 32.3. The quantitative estimate of drug-likeness (QED) is 0.366. The van der Waals surface area contributed by atoms with Gasteiger partial charge in [0.25, 0.3) is 17.3 Å². The molecule has 0 bridgehead atoms. The molecule has 1 aromatic carbocycles. The van der Waals surface area contributed by atoms with Gasteiger partial charge < -0.3 is 14.0 Å². The highest BCUT2D eigenvalue weighted by Crippen LogP contribution is 2.25. The molecule has 39 heavy (non-hydrogen) atoms. The van der Waals surface area contributed by atoms with Gasteiger partial charge in [-0.2, -0.15) is 5.10 Å². The maximum atomic E-state index is 15.1. The van der Waals surface area contributed by atoms with Crippen LogP contribution in [0.2, 0.25) is 0 Å². The second-order valence-electron chi connectivity index (χ2n) is 9.39. The number of halogens is 1. The van der Waals surface area contributed by atoms with Gasteiger partial charge in [0.2, 0.25) is 0 Å². The molecule has 12 nitrogen and oxygen atoms in total. The van der Waals surface area contributed by atoms with Gasteiger partial charge >= 0.3 is 0 Å². The molecule has 0 aliphatic carbocycles. The third-order valence-corrected chi connectivity index (χ3v) is 8.74. The Kier molecular flexibility index (Phi) is 8.47. The molecule has 1 amide bonds. The van der Waals surface area contributed by atoms with Crippen molar-refractivity contribution in [3.8, 4) is 22.7 Å². The van der Waals surface area contributed by atoms with Crippen LogP contribution in [-0.4, -0.2) is 64.9 Å². The monoisotopic (exact) mass is 563 g/mol. The molecule has 3 heterocycles. The molecule has 1 unspecified atom stereocenters. The Morgan fingerprint density at radius 1 is 1.28 bits per heavy atom. The molecule has 1 saturated heterocycles. The number of hydroxylamine groups is 1. The number of nitrogens with one attached hydrogen (secondary N) is 1. The predicted molar refractivity (Wildman–Crippen MR) is 138 cm³/mol. The number of hydrogen-bond donors (Lipinski definition) is 1. The van der Waals surface area contributed by atoms with E-state index in [1.807, 2.05) is 0 Å². The number of aromatic nitrogens is 4. The number of amides is 1. The Bertz CT molecular complexity index is 1480. The normalized spacial score (nSPS) is 17.4. The lowest BCUT2D eigenvalue weighted by Gasteiger charge is -2.28. The van der Waals surface area contributed by atoms with E-state index in [1.165, 1.54) is 25.0 Å². The van der Waals surface area contributed by atoms with Gasteiger partial charge in [0.1, 0.15) is 12.0 Å². The zero-order chi connectivity index (χ0) is 28.2. The standard InChI is InChI=1S/C25H30FN5O7S/c1-25(39(3,34)35,24(33)29-38-23-6-4-5-13-37-23)11-12-30-16-20(26)19(14-22(30)32)17-7-9-18(10-8-17)31-27-15-21(28-31)36-2/h7-10,14-16,23H,4-6,11-13H2,1-3H3,(H,29,33)/t23?,25-/m1/s1. The summed E-state index contributed by atoms with van der Waals surface area (Å²) in [5.41, 5.74) is 2.75. The van der Waals surface area contributed by atoms with E-state index in [4.69, 9.17) is 14.3 Å². The number of methoxy groups -OCH3 is 1. The van der Waals surface area contributed by atoms with Crippen LogP contribution in [0.3, 0.4) is 0 Å². The van der Waals surface area contributed by atoms with E-state index in [1.54, 1.807) is 24.3 Å². The van der Waals surface area contributed by atoms with Crippen molar-refractivity contribution in [2.75, 3.05) is 20.0 Å². The molecule has 0 radical (unpaired) electrons. The number of benzene rings is 1. The number of sulfone groups is 1. The van der Waals surface area contributed by atoms with Gasteiger partial charge in [0.05, 0.1) is 12.8 Å². The van der Waals surface area contributed by atoms with Gasteiger partial charge in [0.15, 0.2) is 20.9 Å². The first-order valence-corrected chi connectivity index (χ1v) is 14.2. The van der Waals surface area contributed by atoms with Crippen molar-refractivity contribution in [1.29, 1.82) is 0 Å². The third kappa shape index (κ3) is 6.34. The first kappa shape index (κ1) is 28.4. The first-order valence-electron chi connectivity index (χ1n) is 12.3. The van der Waals surface area contributed by atoms with E-state index in [9.17, 15) is 18.0 Å². The molecule has 210 valence electrons. The summed E-state index contributed by atoms with van der Waals surface area (Å²) in [5.74, 6) is -1.25. The van der Waals surface area contributed by atoms with Crippen molar-refractivity contribution in [2.45, 2.75) is 50.2 Å². The number of nitrogens with zero attached hydrogens (tertiary/aromatic N) is 4. The summed E-state index contributed by atoms with van der Waals surface area (Å²) in [5, 5.41) is 8.20. The Hall–Kier alpha value is -3.62. The highest BCUT2D eigenvalue weighted by Gasteiger charge is 2.44. The van der Waals surface area contributed by atoms with Crippen molar-refractivity contribution >= 4 is 15.7 Å². The SMILES string of the molecule is COc1cnn(-c2ccc(-c3cc(=O)n(CC[C@](C)(C(=O)NOC4CCCCO4)S(C)(=O)=O)cc3F)cc2)n1. The van der Waals surface area contributed by atoms with Crippen molar-refractivity contribution in [2.24, 2.45) is 0 Å². The number of pyridine rings is 1. The smallest absolute Gasteiger partial charge is 0.264 e. The van der Waals surface area contributed by atoms with Gasteiger partial charge in [-0.25, -0.2) is 23.1 Å². The Morgan fingerprint density at radius 3 is 2.64 bits per heavy atom. The number of carbonyl (C=O) groups is 1. The maximum absolute atomic E-state index is 15.1. The van der Waals surface area contributed by atoms with Crippen molar-refractivity contribution in [3.63, 3.8) is 0 Å². The minimum Gasteiger partial charge on any atom is -0.479 e. The molecule has 2 aromatic heterocycles. The van der Waals surface area contributed by atoms with Crippen LogP contribution in [0.25, 0.3) is 16.8 Å². The largest absolute Gasteiger partial charge is 0.479 e. The summed E-state index contributed by atoms with van der Waals surface area (Å²) in [6.45, 7) is 1.50. The van der Waals surface area contributed by atoms with Crippen LogP contribution in [-0.2, 0) is 30.8 Å². The second-order valence-corrected chi connectivity index (χ2v) is 11.8. The van der Waals surface area contributed by atoms with Crippen LogP contribution >= 0.6 is 0 Å². The van der Waals surface area contributed by atoms with Gasteiger partial charge in [-0.15, -0.1) is 9.90 Å². The fourth-order valence-corrected chi connectivity index (χ4v) is 4.86. The average Bonchev–Trinajstić information content (AvgIpc) is 3.41. The fraction of sp³-hybridized carbons (Fsp3) is 0.440. The fourth-order valence-electron chi connectivity index (χ4n) is 4.02. The topological polar surface area (TPSA) is 144 Å². The summed E-state index contributed by atoms with van der Waals surface area (Å²) < 4.78 is 49.7. The molecular formula is C25H30FN5O7S. The number of hydrogen-bond acceptors (Lipinski definition) is 9. The van der Waals surface area contributed by atoms with Crippen LogP contribution in [0.1, 0.15) is 32.6 Å². The molecule has 0 saturated carbocycles. The zero-order valence-corrected chi connectivity index (χ0v) is 22.6. The molecule has 1 N–H and O–H groups in total. The highest BCUT2D eigenvalue weighted by atomic mass is 32.2. The molecule has 14 heteroatoms. The molecule has 4 rings (SSSR count). The summed E-state index contributed by atoms with van der Waals surface area (Å²) in [6, 6.07) is 7.69. The van der Waals surface area contributed by atoms with Crippen LogP contribution in [0, 0.1) is 5.82 Å². The summed E-state index contributed by atoms with van der Waals surface area (Å²) in [7, 11) is -2.48. The first-order chi connectivity index (χ1) is 18.5. The van der Waals surface area contributed by atoms with Gasteiger partial charge in [-0.3, -0.25) is 9.59 Å². The van der Waals surface area contributed by atoms with Crippen LogP contribution in [0.5, 0.6) is 5.88 Å². The average molecular weight is 564 g/mol. The molecule has 3 aromatic rings. The van der Waals surface area contributed by atoms with Crippen molar-refractivity contribution < 1.29 is 31.9 Å². The van der Waals surface area contributed by atoms with Gasteiger partial charge in [0, 0.05) is 43.7 Å². The minimum atomic E-state index is -3.95. The van der Waals surface area contributed by atoms with Crippen LogP contribution in [0.15, 0.2) is 47.5 Å². The van der Waals surface area contributed by atoms with E-state index in [-0.39, 0.29) is 18.5 Å².